The Hall–Kier alpha value is -2.57. The molecule has 1 aliphatic rings. The van der Waals surface area contributed by atoms with Crippen molar-refractivity contribution in [3.8, 4) is 11.6 Å². The third-order valence-corrected chi connectivity index (χ3v) is 7.08. The average Bonchev–Trinajstić information content (AvgIpc) is 3.18. The zero-order valence-corrected chi connectivity index (χ0v) is 23.3. The summed E-state index contributed by atoms with van der Waals surface area (Å²) in [6, 6.07) is 7.46. The number of nitrogens with one attached hydrogen (secondary N) is 1. The first kappa shape index (κ1) is 29.0. The highest BCUT2D eigenvalue weighted by atomic mass is 79.9. The van der Waals surface area contributed by atoms with Gasteiger partial charge in [-0.05, 0) is 55.3 Å². The van der Waals surface area contributed by atoms with Crippen molar-refractivity contribution in [3.05, 3.63) is 46.8 Å². The number of hydrogen-bond donors (Lipinski definition) is 2. The van der Waals surface area contributed by atoms with E-state index in [0.29, 0.717) is 11.0 Å². The monoisotopic (exact) mass is 600 g/mol. The lowest BCUT2D eigenvalue weighted by Crippen LogP contribution is -2.36. The van der Waals surface area contributed by atoms with Gasteiger partial charge in [-0.3, -0.25) is 14.1 Å². The van der Waals surface area contributed by atoms with E-state index in [4.69, 9.17) is 29.0 Å². The average molecular weight is 601 g/mol. The predicted octanol–water partition coefficient (Wildman–Crippen LogP) is 3.60. The zero-order chi connectivity index (χ0) is 27.2. The van der Waals surface area contributed by atoms with Gasteiger partial charge in [0.1, 0.15) is 16.4 Å². The first-order chi connectivity index (χ1) is 17.5. The van der Waals surface area contributed by atoms with E-state index in [9.17, 15) is 14.2 Å². The summed E-state index contributed by atoms with van der Waals surface area (Å²) >= 11 is 3.14. The van der Waals surface area contributed by atoms with Crippen molar-refractivity contribution in [2.24, 2.45) is 11.7 Å². The van der Waals surface area contributed by atoms with Crippen LogP contribution in [0.1, 0.15) is 44.6 Å². The molecule has 37 heavy (non-hydrogen) atoms. The van der Waals surface area contributed by atoms with Gasteiger partial charge in [0.2, 0.25) is 12.2 Å². The summed E-state index contributed by atoms with van der Waals surface area (Å²) in [5, 5.41) is 2.63. The second-order valence-corrected chi connectivity index (χ2v) is 11.2. The lowest BCUT2D eigenvalue weighted by molar-refractivity contribution is -0.149. The Bertz CT molecular complexity index is 1140. The summed E-state index contributed by atoms with van der Waals surface area (Å²) < 4.78 is 42.2. The largest absolute Gasteiger partial charge is 0.462 e. The molecule has 3 unspecified atom stereocenters. The molecule has 1 amide bonds. The van der Waals surface area contributed by atoms with E-state index in [1.807, 2.05) is 6.92 Å². The van der Waals surface area contributed by atoms with Crippen LogP contribution in [0.2, 0.25) is 0 Å². The van der Waals surface area contributed by atoms with Crippen molar-refractivity contribution < 1.29 is 37.4 Å². The SMILES string of the molecule is CC(C)OC(=O)C(C)NP(=O)(OC[C@@H]1C[C@H](C)C(Oc2ncc(Br)nc2C(N)=O)O1)Oc1ccccc1. The molecule has 0 aliphatic carbocycles. The molecule has 3 N–H and O–H groups in total. The Morgan fingerprint density at radius 2 is 1.97 bits per heavy atom. The molecule has 0 bridgehead atoms. The molecule has 0 spiro atoms. The third kappa shape index (κ3) is 8.47. The van der Waals surface area contributed by atoms with Gasteiger partial charge in [-0.2, -0.15) is 5.09 Å². The summed E-state index contributed by atoms with van der Waals surface area (Å²) in [6.07, 6.45) is 0.188. The highest BCUT2D eigenvalue weighted by Crippen LogP contribution is 2.46. The van der Waals surface area contributed by atoms with Gasteiger partial charge in [0.15, 0.2) is 5.69 Å². The third-order valence-electron chi connectivity index (χ3n) is 5.05. The van der Waals surface area contributed by atoms with Crippen LogP contribution >= 0.6 is 23.7 Å². The summed E-state index contributed by atoms with van der Waals surface area (Å²) in [7, 11) is -4.04. The molecule has 0 saturated carbocycles. The van der Waals surface area contributed by atoms with Crippen LogP contribution in [0.5, 0.6) is 11.6 Å². The minimum absolute atomic E-state index is 0.0636. The molecule has 1 aliphatic heterocycles. The Morgan fingerprint density at radius 1 is 1.27 bits per heavy atom. The molecule has 12 nitrogen and oxygen atoms in total. The van der Waals surface area contributed by atoms with Gasteiger partial charge in [0.25, 0.3) is 5.91 Å². The van der Waals surface area contributed by atoms with E-state index in [0.717, 1.165) is 0 Å². The number of nitrogens with two attached hydrogens (primary N) is 1. The van der Waals surface area contributed by atoms with Gasteiger partial charge in [-0.15, -0.1) is 0 Å². The molecule has 1 fully saturated rings. The van der Waals surface area contributed by atoms with Crippen molar-refractivity contribution in [2.45, 2.75) is 58.7 Å². The number of rotatable bonds is 12. The van der Waals surface area contributed by atoms with Crippen LogP contribution in [-0.4, -0.2) is 53.0 Å². The number of carbonyl (C=O) groups is 2. The normalized spacial score (nSPS) is 21.7. The van der Waals surface area contributed by atoms with Gasteiger partial charge < -0.3 is 24.5 Å². The van der Waals surface area contributed by atoms with Crippen molar-refractivity contribution in [1.29, 1.82) is 0 Å². The summed E-state index contributed by atoms with van der Waals surface area (Å²) in [5.74, 6) is -1.31. The number of para-hydroxylation sites is 1. The molecule has 2 heterocycles. The minimum Gasteiger partial charge on any atom is -0.462 e. The quantitative estimate of drug-likeness (QED) is 0.270. The number of primary amides is 1. The van der Waals surface area contributed by atoms with Crippen molar-refractivity contribution >= 4 is 35.6 Å². The van der Waals surface area contributed by atoms with Crippen LogP contribution in [0.25, 0.3) is 0 Å². The second-order valence-electron chi connectivity index (χ2n) is 8.70. The fraction of sp³-hybridized carbons (Fsp3) is 0.478. The molecule has 2 aromatic rings. The number of esters is 1. The van der Waals surface area contributed by atoms with Gasteiger partial charge >= 0.3 is 13.7 Å². The maximum atomic E-state index is 13.6. The molecule has 1 saturated heterocycles. The van der Waals surface area contributed by atoms with Crippen LogP contribution < -0.4 is 20.1 Å². The number of halogens is 1. The lowest BCUT2D eigenvalue weighted by atomic mass is 10.1. The first-order valence-electron chi connectivity index (χ1n) is 11.6. The number of nitrogens with zero attached hydrogens (tertiary/aromatic N) is 2. The minimum atomic E-state index is -4.04. The molecule has 0 radical (unpaired) electrons. The van der Waals surface area contributed by atoms with Crippen LogP contribution in [0, 0.1) is 5.92 Å². The Kier molecular flexibility index (Phi) is 10.0. The fourth-order valence-corrected chi connectivity index (χ4v) is 5.19. The van der Waals surface area contributed by atoms with Gasteiger partial charge in [0, 0.05) is 5.92 Å². The van der Waals surface area contributed by atoms with E-state index in [-0.39, 0.29) is 36.0 Å². The Balaban J connectivity index is 1.67. The number of carbonyl (C=O) groups excluding carboxylic acids is 2. The zero-order valence-electron chi connectivity index (χ0n) is 20.8. The molecule has 5 atom stereocenters. The Labute approximate surface area is 223 Å². The topological polar surface area (TPSA) is 161 Å². The molecule has 3 rings (SSSR count). The maximum Gasteiger partial charge on any atom is 0.459 e. The predicted molar refractivity (Wildman–Crippen MR) is 136 cm³/mol. The van der Waals surface area contributed by atoms with E-state index >= 15 is 0 Å². The fourth-order valence-electron chi connectivity index (χ4n) is 3.39. The standard InChI is InChI=1S/C23H30BrN4O8P/c1-13(2)33-22(30)15(4)28-37(31,36-16-8-6-5-7-9-16)32-12-17-10-14(3)23(34-17)35-21-19(20(25)29)27-18(24)11-26-21/h5-9,11,13-15,17,23H,10,12H2,1-4H3,(H2,25,29)(H,28,31)/t14-,15?,17-,23?,37?/m0/s1. The van der Waals surface area contributed by atoms with Crippen LogP contribution in [0.3, 0.4) is 0 Å². The van der Waals surface area contributed by atoms with E-state index < -0.39 is 38.1 Å². The number of benzene rings is 1. The van der Waals surface area contributed by atoms with E-state index in [1.54, 1.807) is 44.2 Å². The lowest BCUT2D eigenvalue weighted by Gasteiger charge is -2.24. The summed E-state index contributed by atoms with van der Waals surface area (Å²) in [5.41, 5.74) is 5.24. The number of ether oxygens (including phenoxy) is 3. The first-order valence-corrected chi connectivity index (χ1v) is 13.9. The molecule has 14 heteroatoms. The summed E-state index contributed by atoms with van der Waals surface area (Å²) in [4.78, 5) is 32.1. The smallest absolute Gasteiger partial charge is 0.459 e. The van der Waals surface area contributed by atoms with Gasteiger partial charge in [-0.25, -0.2) is 14.5 Å². The van der Waals surface area contributed by atoms with Crippen LogP contribution in [0.4, 0.5) is 0 Å². The van der Waals surface area contributed by atoms with E-state index in [1.165, 1.54) is 13.1 Å². The van der Waals surface area contributed by atoms with Gasteiger partial charge in [0.05, 0.1) is 25.0 Å². The second kappa shape index (κ2) is 12.8. The molecule has 1 aromatic carbocycles. The molecular weight excluding hydrogens is 571 g/mol. The van der Waals surface area contributed by atoms with Crippen LogP contribution in [-0.2, 0) is 23.4 Å². The highest BCUT2D eigenvalue weighted by Gasteiger charge is 2.39. The van der Waals surface area contributed by atoms with Gasteiger partial charge in [-0.1, -0.05) is 25.1 Å². The summed E-state index contributed by atoms with van der Waals surface area (Å²) in [6.45, 7) is 6.67. The van der Waals surface area contributed by atoms with E-state index in [2.05, 4.69) is 31.0 Å². The van der Waals surface area contributed by atoms with Crippen molar-refractivity contribution in [1.82, 2.24) is 15.1 Å². The Morgan fingerprint density at radius 3 is 2.62 bits per heavy atom. The van der Waals surface area contributed by atoms with Crippen molar-refractivity contribution in [3.63, 3.8) is 0 Å². The van der Waals surface area contributed by atoms with Crippen molar-refractivity contribution in [2.75, 3.05) is 6.61 Å². The number of hydrogen-bond acceptors (Lipinski definition) is 10. The highest BCUT2D eigenvalue weighted by molar-refractivity contribution is 9.10. The molecule has 1 aromatic heterocycles. The molecular formula is C23H30BrN4O8P. The maximum absolute atomic E-state index is 13.6. The molecule has 202 valence electrons. The van der Waals surface area contributed by atoms with Crippen LogP contribution in [0.15, 0.2) is 41.1 Å². The number of amides is 1. The number of aromatic nitrogens is 2.